The average molecular weight is 263 g/mol. The summed E-state index contributed by atoms with van der Waals surface area (Å²) in [5.74, 6) is -0.200. The fourth-order valence-corrected chi connectivity index (χ4v) is 2.80. The summed E-state index contributed by atoms with van der Waals surface area (Å²) in [6.45, 7) is 1.34. The van der Waals surface area contributed by atoms with Gasteiger partial charge in [0.1, 0.15) is 0 Å². The average Bonchev–Trinajstić information content (AvgIpc) is 2.87. The molecule has 0 amide bonds. The van der Waals surface area contributed by atoms with E-state index in [2.05, 4.69) is 33.9 Å². The summed E-state index contributed by atoms with van der Waals surface area (Å²) in [5.41, 5.74) is 2.72. The number of aliphatic hydroxyl groups is 1. The van der Waals surface area contributed by atoms with Gasteiger partial charge in [-0.25, -0.2) is 0 Å². The Labute approximate surface area is 114 Å². The van der Waals surface area contributed by atoms with E-state index in [4.69, 9.17) is 0 Å². The van der Waals surface area contributed by atoms with Crippen LogP contribution in [0.25, 0.3) is 0 Å². The molecule has 1 aliphatic rings. The van der Waals surface area contributed by atoms with Gasteiger partial charge >= 0.3 is 5.97 Å². The van der Waals surface area contributed by atoms with Crippen molar-refractivity contribution >= 4 is 5.97 Å². The normalized spacial score (nSPS) is 17.5. The van der Waals surface area contributed by atoms with Gasteiger partial charge in [-0.05, 0) is 24.0 Å². The Morgan fingerprint density at radius 2 is 2.21 bits per heavy atom. The van der Waals surface area contributed by atoms with Gasteiger partial charge in [0, 0.05) is 19.1 Å². The monoisotopic (exact) mass is 263 g/mol. The first-order valence-electron chi connectivity index (χ1n) is 6.75. The van der Waals surface area contributed by atoms with Gasteiger partial charge in [0.25, 0.3) is 0 Å². The van der Waals surface area contributed by atoms with E-state index < -0.39 is 0 Å². The molecule has 0 heterocycles. The Hall–Kier alpha value is -1.39. The summed E-state index contributed by atoms with van der Waals surface area (Å²) in [7, 11) is 1.41. The molecule has 0 aliphatic heterocycles. The molecule has 4 nitrogen and oxygen atoms in total. The van der Waals surface area contributed by atoms with Crippen molar-refractivity contribution in [3.63, 3.8) is 0 Å². The van der Waals surface area contributed by atoms with E-state index in [1.807, 2.05) is 0 Å². The van der Waals surface area contributed by atoms with Gasteiger partial charge in [-0.2, -0.15) is 0 Å². The van der Waals surface area contributed by atoms with E-state index in [9.17, 15) is 9.90 Å². The van der Waals surface area contributed by atoms with Crippen LogP contribution in [0.4, 0.5) is 0 Å². The van der Waals surface area contributed by atoms with Gasteiger partial charge in [-0.3, -0.25) is 9.69 Å². The second-order valence-electron chi connectivity index (χ2n) is 4.84. The van der Waals surface area contributed by atoms with Crippen LogP contribution < -0.4 is 0 Å². The number of hydrogen-bond acceptors (Lipinski definition) is 4. The molecular formula is C15H21NO3. The van der Waals surface area contributed by atoms with Gasteiger partial charge in [0.05, 0.1) is 20.1 Å². The van der Waals surface area contributed by atoms with Crippen LogP contribution in [0.15, 0.2) is 24.3 Å². The van der Waals surface area contributed by atoms with Crippen LogP contribution in [0.1, 0.15) is 30.0 Å². The molecule has 0 spiro atoms. The van der Waals surface area contributed by atoms with Crippen molar-refractivity contribution in [2.75, 3.05) is 26.8 Å². The second-order valence-corrected chi connectivity index (χ2v) is 4.84. The fourth-order valence-electron chi connectivity index (χ4n) is 2.80. The number of nitrogens with zero attached hydrogens (tertiary/aromatic N) is 1. The highest BCUT2D eigenvalue weighted by atomic mass is 16.5. The van der Waals surface area contributed by atoms with E-state index >= 15 is 0 Å². The standard InChI is InChI=1S/C15H21NO3/c1-19-15(18)8-9-16(10-11-17)14-7-6-12-4-2-3-5-13(12)14/h2-5,14,17H,6-11H2,1H3. The molecule has 0 fully saturated rings. The minimum absolute atomic E-state index is 0.111. The first kappa shape index (κ1) is 14.0. The van der Waals surface area contributed by atoms with Crippen molar-refractivity contribution in [3.05, 3.63) is 35.4 Å². The Bertz CT molecular complexity index is 433. The number of fused-ring (bicyclic) bond motifs is 1. The number of rotatable bonds is 6. The maximum atomic E-state index is 11.3. The van der Waals surface area contributed by atoms with E-state index in [0.29, 0.717) is 25.6 Å². The summed E-state index contributed by atoms with van der Waals surface area (Å²) < 4.78 is 4.68. The zero-order valence-electron chi connectivity index (χ0n) is 11.3. The molecule has 104 valence electrons. The van der Waals surface area contributed by atoms with Crippen molar-refractivity contribution in [3.8, 4) is 0 Å². The maximum absolute atomic E-state index is 11.3. The SMILES string of the molecule is COC(=O)CCN(CCO)C1CCc2ccccc21. The van der Waals surface area contributed by atoms with Crippen molar-refractivity contribution in [2.24, 2.45) is 0 Å². The lowest BCUT2D eigenvalue weighted by atomic mass is 10.1. The molecule has 4 heteroatoms. The van der Waals surface area contributed by atoms with Crippen LogP contribution in [0.2, 0.25) is 0 Å². The second kappa shape index (κ2) is 6.68. The van der Waals surface area contributed by atoms with Crippen molar-refractivity contribution in [1.82, 2.24) is 4.90 Å². The number of carbonyl (C=O) groups is 1. The minimum atomic E-state index is -0.200. The summed E-state index contributed by atoms with van der Waals surface area (Å²) >= 11 is 0. The van der Waals surface area contributed by atoms with Crippen LogP contribution in [-0.2, 0) is 16.0 Å². The van der Waals surface area contributed by atoms with E-state index in [1.54, 1.807) is 0 Å². The predicted octanol–water partition coefficient (Wildman–Crippen LogP) is 1.53. The minimum Gasteiger partial charge on any atom is -0.469 e. The number of esters is 1. The molecule has 0 radical (unpaired) electrons. The summed E-state index contributed by atoms with van der Waals surface area (Å²) in [4.78, 5) is 13.5. The third-order valence-corrected chi connectivity index (χ3v) is 3.76. The molecule has 1 aliphatic carbocycles. The fraction of sp³-hybridized carbons (Fsp3) is 0.533. The van der Waals surface area contributed by atoms with Gasteiger partial charge in [0.15, 0.2) is 0 Å². The summed E-state index contributed by atoms with van der Waals surface area (Å²) in [6.07, 6.45) is 2.50. The van der Waals surface area contributed by atoms with Crippen molar-refractivity contribution < 1.29 is 14.6 Å². The number of benzene rings is 1. The molecule has 19 heavy (non-hydrogen) atoms. The van der Waals surface area contributed by atoms with Crippen molar-refractivity contribution in [1.29, 1.82) is 0 Å². The van der Waals surface area contributed by atoms with Crippen LogP contribution in [-0.4, -0.2) is 42.8 Å². The summed E-state index contributed by atoms with van der Waals surface area (Å²) in [6, 6.07) is 8.73. The number of aryl methyl sites for hydroxylation is 1. The van der Waals surface area contributed by atoms with E-state index in [0.717, 1.165) is 12.8 Å². The molecule has 1 unspecified atom stereocenters. The Kier molecular flexibility index (Phi) is 4.93. The largest absolute Gasteiger partial charge is 0.469 e. The molecule has 1 atom stereocenters. The highest BCUT2D eigenvalue weighted by Gasteiger charge is 2.27. The molecule has 0 aromatic heterocycles. The van der Waals surface area contributed by atoms with Gasteiger partial charge < -0.3 is 9.84 Å². The molecule has 0 bridgehead atoms. The summed E-state index contributed by atoms with van der Waals surface area (Å²) in [5, 5.41) is 9.21. The first-order chi connectivity index (χ1) is 9.26. The number of ether oxygens (including phenoxy) is 1. The Morgan fingerprint density at radius 1 is 1.42 bits per heavy atom. The van der Waals surface area contributed by atoms with Crippen LogP contribution >= 0.6 is 0 Å². The Balaban J connectivity index is 2.05. The van der Waals surface area contributed by atoms with Crippen LogP contribution in [0, 0.1) is 0 Å². The number of aliphatic hydroxyl groups excluding tert-OH is 1. The number of hydrogen-bond donors (Lipinski definition) is 1. The maximum Gasteiger partial charge on any atom is 0.306 e. The third kappa shape index (κ3) is 3.33. The van der Waals surface area contributed by atoms with E-state index in [1.165, 1.54) is 18.2 Å². The Morgan fingerprint density at radius 3 is 2.95 bits per heavy atom. The smallest absolute Gasteiger partial charge is 0.306 e. The van der Waals surface area contributed by atoms with Crippen molar-refractivity contribution in [2.45, 2.75) is 25.3 Å². The molecular weight excluding hydrogens is 242 g/mol. The first-order valence-corrected chi connectivity index (χ1v) is 6.75. The molecule has 1 N–H and O–H groups in total. The highest BCUT2D eigenvalue weighted by Crippen LogP contribution is 2.35. The predicted molar refractivity (Wildman–Crippen MR) is 72.8 cm³/mol. The number of methoxy groups -OCH3 is 1. The molecule has 2 rings (SSSR count). The quantitative estimate of drug-likeness (QED) is 0.791. The lowest BCUT2D eigenvalue weighted by molar-refractivity contribution is -0.141. The molecule has 1 aromatic rings. The third-order valence-electron chi connectivity index (χ3n) is 3.76. The highest BCUT2D eigenvalue weighted by molar-refractivity contribution is 5.69. The topological polar surface area (TPSA) is 49.8 Å². The van der Waals surface area contributed by atoms with E-state index in [-0.39, 0.29) is 12.6 Å². The van der Waals surface area contributed by atoms with Gasteiger partial charge in [-0.1, -0.05) is 24.3 Å². The molecule has 1 aromatic carbocycles. The lowest BCUT2D eigenvalue weighted by Crippen LogP contribution is -2.32. The number of carbonyl (C=O) groups excluding carboxylic acids is 1. The zero-order chi connectivity index (χ0) is 13.7. The van der Waals surface area contributed by atoms with Gasteiger partial charge in [0.2, 0.25) is 0 Å². The van der Waals surface area contributed by atoms with Crippen LogP contribution in [0.3, 0.4) is 0 Å². The van der Waals surface area contributed by atoms with Crippen LogP contribution in [0.5, 0.6) is 0 Å². The molecule has 0 saturated carbocycles. The molecule has 0 saturated heterocycles. The lowest BCUT2D eigenvalue weighted by Gasteiger charge is -2.28. The zero-order valence-corrected chi connectivity index (χ0v) is 11.3. The van der Waals surface area contributed by atoms with Gasteiger partial charge in [-0.15, -0.1) is 0 Å².